The van der Waals surface area contributed by atoms with Crippen LogP contribution in [0.25, 0.3) is 10.1 Å². The summed E-state index contributed by atoms with van der Waals surface area (Å²) in [6.07, 6.45) is 0. The fourth-order valence-electron chi connectivity index (χ4n) is 2.09. The number of nitrogens with two attached hydrogens (primary N) is 1. The number of amides is 1. The molecule has 1 amide bonds. The minimum absolute atomic E-state index is 0.115. The van der Waals surface area contributed by atoms with Crippen molar-refractivity contribution in [2.24, 2.45) is 0 Å². The van der Waals surface area contributed by atoms with E-state index in [0.717, 1.165) is 18.7 Å². The van der Waals surface area contributed by atoms with Gasteiger partial charge < -0.3 is 11.1 Å². The summed E-state index contributed by atoms with van der Waals surface area (Å²) in [5.74, 6) is -0.115. The third-order valence-corrected chi connectivity index (χ3v) is 5.93. The number of fused-ring (bicyclic) bond motifs is 1. The van der Waals surface area contributed by atoms with E-state index in [1.807, 2.05) is 31.2 Å². The lowest BCUT2D eigenvalue weighted by Crippen LogP contribution is -2.22. The Morgan fingerprint density at radius 3 is 2.81 bits per heavy atom. The average Bonchev–Trinajstić information content (AvgIpc) is 3.00. The van der Waals surface area contributed by atoms with Crippen molar-refractivity contribution in [3.63, 3.8) is 0 Å². The molecule has 0 fully saturated rings. The average molecular weight is 381 g/mol. The SMILES string of the molecule is Cc1ccc2c(N)c(C(=O)NCc3ccc(Br)s3)sc2c1. The Labute approximate surface area is 138 Å². The molecule has 3 rings (SSSR count). The predicted octanol–water partition coefficient (Wildman–Crippen LogP) is 4.55. The number of halogens is 1. The number of anilines is 1. The van der Waals surface area contributed by atoms with Gasteiger partial charge in [0.1, 0.15) is 4.88 Å². The Bertz CT molecular complexity index is 822. The zero-order valence-electron chi connectivity index (χ0n) is 11.3. The first-order chi connectivity index (χ1) is 10.0. The summed E-state index contributed by atoms with van der Waals surface area (Å²) in [6, 6.07) is 10.0. The molecule has 3 aromatic rings. The highest BCUT2D eigenvalue weighted by atomic mass is 79.9. The second-order valence-electron chi connectivity index (χ2n) is 4.73. The second kappa shape index (κ2) is 5.79. The molecule has 0 bridgehead atoms. The molecule has 0 spiro atoms. The molecule has 3 N–H and O–H groups in total. The van der Waals surface area contributed by atoms with Crippen molar-refractivity contribution in [3.8, 4) is 0 Å². The van der Waals surface area contributed by atoms with Crippen molar-refractivity contribution in [1.29, 1.82) is 0 Å². The van der Waals surface area contributed by atoms with Crippen LogP contribution in [-0.4, -0.2) is 5.91 Å². The fourth-order valence-corrected chi connectivity index (χ4v) is 4.65. The summed E-state index contributed by atoms with van der Waals surface area (Å²) in [4.78, 5) is 14.0. The van der Waals surface area contributed by atoms with E-state index in [-0.39, 0.29) is 5.91 Å². The predicted molar refractivity (Wildman–Crippen MR) is 94.2 cm³/mol. The number of aryl methyl sites for hydroxylation is 1. The first-order valence-electron chi connectivity index (χ1n) is 6.35. The van der Waals surface area contributed by atoms with E-state index in [0.29, 0.717) is 17.1 Å². The number of benzene rings is 1. The number of hydrogen-bond donors (Lipinski definition) is 2. The summed E-state index contributed by atoms with van der Waals surface area (Å²) >= 11 is 6.47. The lowest BCUT2D eigenvalue weighted by molar-refractivity contribution is 0.0956. The summed E-state index contributed by atoms with van der Waals surface area (Å²) < 4.78 is 2.11. The van der Waals surface area contributed by atoms with E-state index in [4.69, 9.17) is 5.73 Å². The van der Waals surface area contributed by atoms with Gasteiger partial charge in [0.15, 0.2) is 0 Å². The lowest BCUT2D eigenvalue weighted by atomic mass is 10.1. The topological polar surface area (TPSA) is 55.1 Å². The van der Waals surface area contributed by atoms with Gasteiger partial charge in [-0.1, -0.05) is 12.1 Å². The van der Waals surface area contributed by atoms with Crippen molar-refractivity contribution >= 4 is 60.3 Å². The third-order valence-electron chi connectivity index (χ3n) is 3.14. The van der Waals surface area contributed by atoms with Crippen LogP contribution in [0.15, 0.2) is 34.1 Å². The minimum Gasteiger partial charge on any atom is -0.397 e. The maximum Gasteiger partial charge on any atom is 0.263 e. The molecule has 3 nitrogen and oxygen atoms in total. The molecule has 0 saturated carbocycles. The van der Waals surface area contributed by atoms with E-state index in [1.54, 1.807) is 11.3 Å². The summed E-state index contributed by atoms with van der Waals surface area (Å²) in [5, 5.41) is 3.88. The van der Waals surface area contributed by atoms with E-state index in [9.17, 15) is 4.79 Å². The van der Waals surface area contributed by atoms with Crippen LogP contribution in [0.4, 0.5) is 5.69 Å². The summed E-state index contributed by atoms with van der Waals surface area (Å²) in [6.45, 7) is 2.55. The molecule has 108 valence electrons. The number of thiophene rings is 2. The third kappa shape index (κ3) is 2.97. The van der Waals surface area contributed by atoms with E-state index >= 15 is 0 Å². The Morgan fingerprint density at radius 1 is 1.29 bits per heavy atom. The normalized spacial score (nSPS) is 11.0. The lowest BCUT2D eigenvalue weighted by Gasteiger charge is -2.02. The molecular formula is C15H13BrN2OS2. The minimum atomic E-state index is -0.115. The van der Waals surface area contributed by atoms with Crippen molar-refractivity contribution in [3.05, 3.63) is 49.4 Å². The number of nitrogens with one attached hydrogen (secondary N) is 1. The highest BCUT2D eigenvalue weighted by Crippen LogP contribution is 2.34. The maximum atomic E-state index is 12.3. The molecule has 0 aliphatic heterocycles. The molecule has 0 radical (unpaired) electrons. The van der Waals surface area contributed by atoms with Gasteiger partial charge in [-0.05, 0) is 46.6 Å². The molecular weight excluding hydrogens is 368 g/mol. The van der Waals surface area contributed by atoms with Gasteiger partial charge in [-0.2, -0.15) is 0 Å². The Morgan fingerprint density at radius 2 is 2.10 bits per heavy atom. The van der Waals surface area contributed by atoms with Crippen LogP contribution in [0.3, 0.4) is 0 Å². The van der Waals surface area contributed by atoms with Crippen molar-refractivity contribution in [2.75, 3.05) is 5.73 Å². The first-order valence-corrected chi connectivity index (χ1v) is 8.78. The molecule has 6 heteroatoms. The van der Waals surface area contributed by atoms with Gasteiger partial charge in [0.05, 0.1) is 16.0 Å². The van der Waals surface area contributed by atoms with Crippen molar-refractivity contribution in [2.45, 2.75) is 13.5 Å². The van der Waals surface area contributed by atoms with E-state index in [1.165, 1.54) is 16.9 Å². The molecule has 2 heterocycles. The van der Waals surface area contributed by atoms with Crippen LogP contribution in [0.2, 0.25) is 0 Å². The van der Waals surface area contributed by atoms with Gasteiger partial charge in [0.25, 0.3) is 5.91 Å². The van der Waals surface area contributed by atoms with Crippen LogP contribution in [0.5, 0.6) is 0 Å². The van der Waals surface area contributed by atoms with Crippen molar-refractivity contribution < 1.29 is 4.79 Å². The number of carbonyl (C=O) groups is 1. The molecule has 0 aliphatic carbocycles. The van der Waals surface area contributed by atoms with Gasteiger partial charge >= 0.3 is 0 Å². The highest BCUT2D eigenvalue weighted by Gasteiger charge is 2.16. The maximum absolute atomic E-state index is 12.3. The van der Waals surface area contributed by atoms with Gasteiger partial charge in [0, 0.05) is 15.0 Å². The molecule has 21 heavy (non-hydrogen) atoms. The number of rotatable bonds is 3. The van der Waals surface area contributed by atoms with E-state index in [2.05, 4.69) is 27.3 Å². The van der Waals surface area contributed by atoms with Gasteiger partial charge in [-0.25, -0.2) is 0 Å². The van der Waals surface area contributed by atoms with Gasteiger partial charge in [-0.15, -0.1) is 22.7 Å². The molecule has 0 unspecified atom stereocenters. The molecule has 2 aromatic heterocycles. The quantitative estimate of drug-likeness (QED) is 0.700. The standard InChI is InChI=1S/C15H13BrN2OS2/c1-8-2-4-10-11(6-8)21-14(13(10)17)15(19)18-7-9-3-5-12(16)20-9/h2-6H,7,17H2,1H3,(H,18,19). The smallest absolute Gasteiger partial charge is 0.263 e. The van der Waals surface area contributed by atoms with Gasteiger partial charge in [-0.3, -0.25) is 4.79 Å². The van der Waals surface area contributed by atoms with Crippen LogP contribution in [0, 0.1) is 6.92 Å². The molecule has 0 aliphatic rings. The number of hydrogen-bond acceptors (Lipinski definition) is 4. The first kappa shape index (κ1) is 14.6. The molecule has 0 atom stereocenters. The van der Waals surface area contributed by atoms with E-state index < -0.39 is 0 Å². The van der Waals surface area contributed by atoms with Crippen LogP contribution in [0.1, 0.15) is 20.1 Å². The fraction of sp³-hybridized carbons (Fsp3) is 0.133. The second-order valence-corrected chi connectivity index (χ2v) is 8.33. The van der Waals surface area contributed by atoms with Crippen LogP contribution < -0.4 is 11.1 Å². The van der Waals surface area contributed by atoms with Gasteiger partial charge in [0.2, 0.25) is 0 Å². The molecule has 1 aromatic carbocycles. The number of carbonyl (C=O) groups excluding carboxylic acids is 1. The summed E-state index contributed by atoms with van der Waals surface area (Å²) in [5.41, 5.74) is 7.84. The van der Waals surface area contributed by atoms with Crippen LogP contribution in [-0.2, 0) is 6.54 Å². The zero-order valence-corrected chi connectivity index (χ0v) is 14.5. The zero-order chi connectivity index (χ0) is 15.0. The molecule has 0 saturated heterocycles. The van der Waals surface area contributed by atoms with Crippen molar-refractivity contribution in [1.82, 2.24) is 5.32 Å². The Kier molecular flexibility index (Phi) is 4.01. The Hall–Kier alpha value is -1.37. The summed E-state index contributed by atoms with van der Waals surface area (Å²) in [7, 11) is 0. The largest absolute Gasteiger partial charge is 0.397 e. The highest BCUT2D eigenvalue weighted by molar-refractivity contribution is 9.11. The Balaban J connectivity index is 1.82. The number of nitrogen functional groups attached to an aromatic ring is 1. The monoisotopic (exact) mass is 380 g/mol. The van der Waals surface area contributed by atoms with Crippen LogP contribution >= 0.6 is 38.6 Å².